The summed E-state index contributed by atoms with van der Waals surface area (Å²) in [6.45, 7) is 0.359. The number of nitrogens with one attached hydrogen (secondary N) is 1. The monoisotopic (exact) mass is 321 g/mol. The van der Waals surface area contributed by atoms with Crippen LogP contribution in [0, 0.1) is 0 Å². The molecule has 122 valence electrons. The number of carbonyl (C=O) groups is 1. The Morgan fingerprint density at radius 2 is 1.57 bits per heavy atom. The third-order valence-electron chi connectivity index (χ3n) is 3.50. The summed E-state index contributed by atoms with van der Waals surface area (Å²) in [5.41, 5.74) is -0.0221. The number of alkyl halides is 3. The van der Waals surface area contributed by atoms with Crippen LogP contribution in [0.15, 0.2) is 54.6 Å². The summed E-state index contributed by atoms with van der Waals surface area (Å²) in [6, 6.07) is 14.7. The molecule has 0 saturated carbocycles. The summed E-state index contributed by atoms with van der Waals surface area (Å²) in [5, 5.41) is 2.56. The van der Waals surface area contributed by atoms with Crippen LogP contribution in [-0.4, -0.2) is 12.5 Å². The standard InChI is InChI=1S/C18H18F3NO/c19-18(20,21)16-12-5-4-11-15(16)17(23)22-13-7-6-10-14-8-2-1-3-9-14/h1-5,8-9,11-12H,6-7,10,13H2,(H,22,23). The summed E-state index contributed by atoms with van der Waals surface area (Å²) in [6.07, 6.45) is -2.06. The molecule has 0 aliphatic heterocycles. The number of unbranched alkanes of at least 4 members (excludes halogenated alkanes) is 1. The van der Waals surface area contributed by atoms with Gasteiger partial charge >= 0.3 is 6.18 Å². The molecule has 0 aliphatic rings. The molecular weight excluding hydrogens is 303 g/mol. The molecule has 0 saturated heterocycles. The Balaban J connectivity index is 1.82. The number of rotatable bonds is 6. The van der Waals surface area contributed by atoms with Crippen molar-refractivity contribution in [3.63, 3.8) is 0 Å². The molecule has 2 nitrogen and oxygen atoms in total. The highest BCUT2D eigenvalue weighted by molar-refractivity contribution is 5.95. The highest BCUT2D eigenvalue weighted by Gasteiger charge is 2.34. The SMILES string of the molecule is O=C(NCCCCc1ccccc1)c1ccccc1C(F)(F)F. The van der Waals surface area contributed by atoms with E-state index < -0.39 is 17.6 Å². The third kappa shape index (κ3) is 5.13. The first-order chi connectivity index (χ1) is 11.0. The molecule has 0 radical (unpaired) electrons. The van der Waals surface area contributed by atoms with Crippen LogP contribution in [-0.2, 0) is 12.6 Å². The second-order valence-corrected chi connectivity index (χ2v) is 5.24. The summed E-state index contributed by atoms with van der Waals surface area (Å²) >= 11 is 0. The number of carbonyl (C=O) groups excluding carboxylic acids is 1. The van der Waals surface area contributed by atoms with Gasteiger partial charge in [0.2, 0.25) is 0 Å². The van der Waals surface area contributed by atoms with Crippen molar-refractivity contribution in [1.29, 1.82) is 0 Å². The molecule has 0 heterocycles. The Bertz CT molecular complexity index is 638. The quantitative estimate of drug-likeness (QED) is 0.782. The average Bonchev–Trinajstić information content (AvgIpc) is 2.54. The Kier molecular flexibility index (Phi) is 5.79. The van der Waals surface area contributed by atoms with Crippen molar-refractivity contribution >= 4 is 5.91 Å². The van der Waals surface area contributed by atoms with Gasteiger partial charge in [-0.15, -0.1) is 0 Å². The molecule has 0 unspecified atom stereocenters. The van der Waals surface area contributed by atoms with Crippen LogP contribution >= 0.6 is 0 Å². The molecule has 2 aromatic rings. The Labute approximate surface area is 133 Å². The maximum absolute atomic E-state index is 12.9. The van der Waals surface area contributed by atoms with Gasteiger partial charge < -0.3 is 5.32 Å². The predicted molar refractivity (Wildman–Crippen MR) is 83.2 cm³/mol. The summed E-state index contributed by atoms with van der Waals surface area (Å²) in [7, 11) is 0. The molecule has 0 aliphatic carbocycles. The van der Waals surface area contributed by atoms with E-state index in [1.54, 1.807) is 0 Å². The van der Waals surface area contributed by atoms with E-state index in [-0.39, 0.29) is 5.56 Å². The summed E-state index contributed by atoms with van der Waals surface area (Å²) in [5.74, 6) is -0.683. The van der Waals surface area contributed by atoms with Crippen LogP contribution < -0.4 is 5.32 Å². The summed E-state index contributed by atoms with van der Waals surface area (Å²) in [4.78, 5) is 11.9. The minimum absolute atomic E-state index is 0.331. The maximum atomic E-state index is 12.9. The van der Waals surface area contributed by atoms with Crippen molar-refractivity contribution in [2.24, 2.45) is 0 Å². The molecule has 0 spiro atoms. The van der Waals surface area contributed by atoms with Gasteiger partial charge in [-0.3, -0.25) is 4.79 Å². The topological polar surface area (TPSA) is 29.1 Å². The first-order valence-corrected chi connectivity index (χ1v) is 7.47. The fourth-order valence-corrected chi connectivity index (χ4v) is 2.32. The van der Waals surface area contributed by atoms with E-state index >= 15 is 0 Å². The molecule has 0 bridgehead atoms. The zero-order valence-electron chi connectivity index (χ0n) is 12.6. The van der Waals surface area contributed by atoms with Gasteiger partial charge in [-0.2, -0.15) is 13.2 Å². The lowest BCUT2D eigenvalue weighted by Crippen LogP contribution is -2.27. The van der Waals surface area contributed by atoms with Crippen LogP contribution in [0.2, 0.25) is 0 Å². The smallest absolute Gasteiger partial charge is 0.352 e. The van der Waals surface area contributed by atoms with Gasteiger partial charge in [-0.25, -0.2) is 0 Å². The molecule has 1 N–H and O–H groups in total. The van der Waals surface area contributed by atoms with Gasteiger partial charge in [0, 0.05) is 6.54 Å². The molecule has 23 heavy (non-hydrogen) atoms. The molecule has 2 rings (SSSR count). The molecule has 1 amide bonds. The van der Waals surface area contributed by atoms with Crippen molar-refractivity contribution in [2.45, 2.75) is 25.4 Å². The van der Waals surface area contributed by atoms with Gasteiger partial charge in [0.15, 0.2) is 0 Å². The van der Waals surface area contributed by atoms with E-state index in [0.717, 1.165) is 25.3 Å². The van der Waals surface area contributed by atoms with Crippen LogP contribution in [0.5, 0.6) is 0 Å². The average molecular weight is 321 g/mol. The normalized spacial score (nSPS) is 11.3. The number of hydrogen-bond acceptors (Lipinski definition) is 1. The highest BCUT2D eigenvalue weighted by Crippen LogP contribution is 2.31. The molecule has 0 fully saturated rings. The maximum Gasteiger partial charge on any atom is 0.417 e. The Morgan fingerprint density at radius 3 is 2.26 bits per heavy atom. The third-order valence-corrected chi connectivity index (χ3v) is 3.50. The van der Waals surface area contributed by atoms with Gasteiger partial charge in [-0.1, -0.05) is 42.5 Å². The van der Waals surface area contributed by atoms with Crippen LogP contribution in [0.3, 0.4) is 0 Å². The molecule has 0 atom stereocenters. The molecule has 0 aromatic heterocycles. The fraction of sp³-hybridized carbons (Fsp3) is 0.278. The van der Waals surface area contributed by atoms with Crippen molar-refractivity contribution in [2.75, 3.05) is 6.54 Å². The molecule has 5 heteroatoms. The molecular formula is C18H18F3NO. The second-order valence-electron chi connectivity index (χ2n) is 5.24. The summed E-state index contributed by atoms with van der Waals surface area (Å²) < 4.78 is 38.6. The minimum atomic E-state index is -4.53. The van der Waals surface area contributed by atoms with E-state index in [1.165, 1.54) is 23.8 Å². The van der Waals surface area contributed by atoms with Crippen LogP contribution in [0.25, 0.3) is 0 Å². The highest BCUT2D eigenvalue weighted by atomic mass is 19.4. The van der Waals surface area contributed by atoms with Crippen LogP contribution in [0.1, 0.15) is 34.3 Å². The van der Waals surface area contributed by atoms with Gasteiger partial charge in [-0.05, 0) is 37.0 Å². The number of halogens is 3. The lowest BCUT2D eigenvalue weighted by Gasteiger charge is -2.12. The largest absolute Gasteiger partial charge is 0.417 e. The van der Waals surface area contributed by atoms with Crippen molar-refractivity contribution < 1.29 is 18.0 Å². The first kappa shape index (κ1) is 17.1. The van der Waals surface area contributed by atoms with E-state index in [0.29, 0.717) is 6.54 Å². The van der Waals surface area contributed by atoms with E-state index in [4.69, 9.17) is 0 Å². The fourth-order valence-electron chi connectivity index (χ4n) is 2.32. The van der Waals surface area contributed by atoms with Crippen LogP contribution in [0.4, 0.5) is 13.2 Å². The van der Waals surface area contributed by atoms with E-state index in [2.05, 4.69) is 5.32 Å². The lowest BCUT2D eigenvalue weighted by atomic mass is 10.1. The van der Waals surface area contributed by atoms with Gasteiger partial charge in [0.25, 0.3) is 5.91 Å². The number of amides is 1. The number of benzene rings is 2. The molecule has 2 aromatic carbocycles. The number of hydrogen-bond donors (Lipinski definition) is 1. The minimum Gasteiger partial charge on any atom is -0.352 e. The Hall–Kier alpha value is -2.30. The second kappa shape index (κ2) is 7.81. The van der Waals surface area contributed by atoms with Crippen molar-refractivity contribution in [1.82, 2.24) is 5.32 Å². The number of aryl methyl sites for hydroxylation is 1. The predicted octanol–water partition coefficient (Wildman–Crippen LogP) is 4.46. The lowest BCUT2D eigenvalue weighted by molar-refractivity contribution is -0.137. The van der Waals surface area contributed by atoms with Gasteiger partial charge in [0.1, 0.15) is 0 Å². The van der Waals surface area contributed by atoms with Gasteiger partial charge in [0.05, 0.1) is 11.1 Å². The Morgan fingerprint density at radius 1 is 0.913 bits per heavy atom. The zero-order valence-corrected chi connectivity index (χ0v) is 12.6. The van der Waals surface area contributed by atoms with E-state index in [1.807, 2.05) is 30.3 Å². The van der Waals surface area contributed by atoms with Crippen molar-refractivity contribution in [3.8, 4) is 0 Å². The van der Waals surface area contributed by atoms with E-state index in [9.17, 15) is 18.0 Å². The van der Waals surface area contributed by atoms with Crippen molar-refractivity contribution in [3.05, 3.63) is 71.3 Å². The zero-order chi connectivity index (χ0) is 16.7. The first-order valence-electron chi connectivity index (χ1n) is 7.47.